The predicted molar refractivity (Wildman–Crippen MR) is 84.0 cm³/mol. The molecule has 0 spiro atoms. The van der Waals surface area contributed by atoms with Crippen LogP contribution in [0.2, 0.25) is 0 Å². The topological polar surface area (TPSA) is 106 Å². The van der Waals surface area contributed by atoms with Crippen LogP contribution in [0.15, 0.2) is 18.6 Å². The highest BCUT2D eigenvalue weighted by Gasteiger charge is 2.32. The average Bonchev–Trinajstić information content (AvgIpc) is 3.28. The summed E-state index contributed by atoms with van der Waals surface area (Å²) in [7, 11) is 0. The summed E-state index contributed by atoms with van der Waals surface area (Å²) < 4.78 is 13.1. The second-order valence-electron chi connectivity index (χ2n) is 5.89. The molecule has 1 amide bonds. The fraction of sp³-hybridized carbons (Fsp3) is 0.438. The van der Waals surface area contributed by atoms with Gasteiger partial charge < -0.3 is 14.4 Å². The molecule has 4 rings (SSSR count). The molecule has 9 heteroatoms. The fourth-order valence-corrected chi connectivity index (χ4v) is 3.04. The van der Waals surface area contributed by atoms with E-state index in [2.05, 4.69) is 15.1 Å². The number of nitrogens with zero attached hydrogens (tertiary/aromatic N) is 6. The zero-order valence-corrected chi connectivity index (χ0v) is 13.5. The zero-order valence-electron chi connectivity index (χ0n) is 13.5. The summed E-state index contributed by atoms with van der Waals surface area (Å²) in [6.45, 7) is 2.35. The zero-order chi connectivity index (χ0) is 17.2. The Balaban J connectivity index is 1.45. The van der Waals surface area contributed by atoms with Gasteiger partial charge in [-0.1, -0.05) is 0 Å². The molecule has 2 aliphatic heterocycles. The Kier molecular flexibility index (Phi) is 3.93. The quantitative estimate of drug-likeness (QED) is 0.806. The predicted octanol–water partition coefficient (Wildman–Crippen LogP) is 0.621. The molecule has 0 unspecified atom stereocenters. The second kappa shape index (κ2) is 6.39. The van der Waals surface area contributed by atoms with E-state index < -0.39 is 0 Å². The van der Waals surface area contributed by atoms with Crippen LogP contribution >= 0.6 is 0 Å². The monoisotopic (exact) mass is 340 g/mol. The summed E-state index contributed by atoms with van der Waals surface area (Å²) in [6.07, 6.45) is 5.82. The first-order chi connectivity index (χ1) is 12.3. The van der Waals surface area contributed by atoms with Crippen LogP contribution < -0.4 is 9.47 Å². The van der Waals surface area contributed by atoms with Crippen LogP contribution in [0.3, 0.4) is 0 Å². The van der Waals surface area contributed by atoms with Crippen molar-refractivity contribution < 1.29 is 14.3 Å². The molecule has 2 aliphatic rings. The minimum atomic E-state index is -0.222. The highest BCUT2D eigenvalue weighted by Crippen LogP contribution is 2.26. The van der Waals surface area contributed by atoms with Gasteiger partial charge in [0.25, 0.3) is 11.8 Å². The van der Waals surface area contributed by atoms with Gasteiger partial charge in [0.05, 0.1) is 19.3 Å². The van der Waals surface area contributed by atoms with E-state index >= 15 is 0 Å². The maximum Gasteiger partial charge on any atom is 0.261 e. The van der Waals surface area contributed by atoms with Gasteiger partial charge in [0.2, 0.25) is 11.6 Å². The van der Waals surface area contributed by atoms with E-state index in [0.717, 1.165) is 13.0 Å². The molecule has 1 fully saturated rings. The van der Waals surface area contributed by atoms with Gasteiger partial charge in [-0.05, 0) is 0 Å². The largest absolute Gasteiger partial charge is 0.477 e. The molecule has 0 radical (unpaired) electrons. The number of rotatable bonds is 3. The molecule has 0 saturated carbocycles. The molecular weight excluding hydrogens is 324 g/mol. The number of fused-ring (bicyclic) bond motifs is 1. The number of ether oxygens (including phenoxy) is 2. The van der Waals surface area contributed by atoms with Crippen molar-refractivity contribution in [1.29, 1.82) is 5.26 Å². The lowest BCUT2D eigenvalue weighted by atomic mass is 10.3. The molecule has 4 heterocycles. The molecule has 1 saturated heterocycles. The van der Waals surface area contributed by atoms with Crippen molar-refractivity contribution >= 4 is 5.91 Å². The number of aryl methyl sites for hydroxylation is 1. The summed E-state index contributed by atoms with van der Waals surface area (Å²) in [4.78, 5) is 22.4. The fourth-order valence-electron chi connectivity index (χ4n) is 3.04. The van der Waals surface area contributed by atoms with E-state index in [4.69, 9.17) is 14.7 Å². The first kappa shape index (κ1) is 15.4. The Morgan fingerprint density at radius 1 is 1.36 bits per heavy atom. The van der Waals surface area contributed by atoms with Crippen LogP contribution in [-0.4, -0.2) is 56.4 Å². The molecule has 128 valence electrons. The minimum absolute atomic E-state index is 0.117. The summed E-state index contributed by atoms with van der Waals surface area (Å²) in [5, 5.41) is 13.3. The van der Waals surface area contributed by atoms with Crippen molar-refractivity contribution in [2.75, 3.05) is 19.7 Å². The maximum atomic E-state index is 12.8. The molecule has 2 aromatic rings. The lowest BCUT2D eigenvalue weighted by Crippen LogP contribution is -2.31. The Labute approximate surface area is 143 Å². The summed E-state index contributed by atoms with van der Waals surface area (Å²) in [5.74, 6) is 0.630. The van der Waals surface area contributed by atoms with Gasteiger partial charge in [0, 0.05) is 38.3 Å². The molecule has 0 aromatic carbocycles. The SMILES string of the molecule is N#Cc1nccnc1O[C@H]1CCN(C(=O)c2cnn3c2OCCC3)C1. The first-order valence-corrected chi connectivity index (χ1v) is 8.12. The van der Waals surface area contributed by atoms with E-state index in [1.54, 1.807) is 15.8 Å². The summed E-state index contributed by atoms with van der Waals surface area (Å²) in [5.41, 5.74) is 0.629. The van der Waals surface area contributed by atoms with E-state index in [-0.39, 0.29) is 23.6 Å². The van der Waals surface area contributed by atoms with Crippen LogP contribution in [0.25, 0.3) is 0 Å². The van der Waals surface area contributed by atoms with Gasteiger partial charge in [0.1, 0.15) is 17.7 Å². The number of hydrogen-bond donors (Lipinski definition) is 0. The number of nitriles is 1. The van der Waals surface area contributed by atoms with Gasteiger partial charge >= 0.3 is 0 Å². The van der Waals surface area contributed by atoms with Gasteiger partial charge in [-0.2, -0.15) is 10.4 Å². The van der Waals surface area contributed by atoms with E-state index in [9.17, 15) is 4.79 Å². The van der Waals surface area contributed by atoms with Crippen molar-refractivity contribution in [2.24, 2.45) is 0 Å². The van der Waals surface area contributed by atoms with Crippen LogP contribution in [0, 0.1) is 11.3 Å². The molecule has 0 bridgehead atoms. The standard InChI is InChI=1S/C16H16N6O3/c17-8-13-14(19-4-3-18-13)25-11-2-6-21(10-11)15(23)12-9-20-22-5-1-7-24-16(12)22/h3-4,9,11H,1-2,5-7,10H2/t11-/m0/s1. The van der Waals surface area contributed by atoms with E-state index in [0.29, 0.717) is 37.6 Å². The third-order valence-corrected chi connectivity index (χ3v) is 4.26. The lowest BCUT2D eigenvalue weighted by Gasteiger charge is -2.19. The van der Waals surface area contributed by atoms with Crippen molar-refractivity contribution in [1.82, 2.24) is 24.6 Å². The minimum Gasteiger partial charge on any atom is -0.477 e. The lowest BCUT2D eigenvalue weighted by molar-refractivity contribution is 0.0764. The Bertz CT molecular complexity index is 843. The summed E-state index contributed by atoms with van der Waals surface area (Å²) >= 11 is 0. The second-order valence-corrected chi connectivity index (χ2v) is 5.89. The van der Waals surface area contributed by atoms with E-state index in [1.807, 2.05) is 6.07 Å². The highest BCUT2D eigenvalue weighted by molar-refractivity contribution is 5.96. The van der Waals surface area contributed by atoms with Crippen molar-refractivity contribution in [3.8, 4) is 17.8 Å². The first-order valence-electron chi connectivity index (χ1n) is 8.12. The number of hydrogen-bond acceptors (Lipinski definition) is 7. The number of likely N-dealkylation sites (tertiary alicyclic amines) is 1. The summed E-state index contributed by atoms with van der Waals surface area (Å²) in [6, 6.07) is 1.95. The van der Waals surface area contributed by atoms with Crippen molar-refractivity contribution in [3.05, 3.63) is 29.8 Å². The van der Waals surface area contributed by atoms with Crippen LogP contribution in [0.4, 0.5) is 0 Å². The average molecular weight is 340 g/mol. The molecule has 2 aromatic heterocycles. The maximum absolute atomic E-state index is 12.8. The molecule has 0 aliphatic carbocycles. The van der Waals surface area contributed by atoms with Gasteiger partial charge in [-0.3, -0.25) is 4.79 Å². The van der Waals surface area contributed by atoms with Crippen LogP contribution in [0.5, 0.6) is 11.8 Å². The molecule has 25 heavy (non-hydrogen) atoms. The Morgan fingerprint density at radius 2 is 2.24 bits per heavy atom. The van der Waals surface area contributed by atoms with Crippen LogP contribution in [-0.2, 0) is 6.54 Å². The van der Waals surface area contributed by atoms with Crippen LogP contribution in [0.1, 0.15) is 28.9 Å². The number of carbonyl (C=O) groups excluding carboxylic acids is 1. The Hall–Kier alpha value is -3.15. The van der Waals surface area contributed by atoms with Crippen molar-refractivity contribution in [2.45, 2.75) is 25.5 Å². The number of carbonyl (C=O) groups is 1. The van der Waals surface area contributed by atoms with Gasteiger partial charge in [0.15, 0.2) is 0 Å². The van der Waals surface area contributed by atoms with E-state index in [1.165, 1.54) is 12.4 Å². The molecular formula is C16H16N6O3. The highest BCUT2D eigenvalue weighted by atomic mass is 16.5. The normalized spacial score (nSPS) is 19.0. The smallest absolute Gasteiger partial charge is 0.261 e. The third-order valence-electron chi connectivity index (χ3n) is 4.26. The van der Waals surface area contributed by atoms with Gasteiger partial charge in [-0.25, -0.2) is 14.6 Å². The number of aromatic nitrogens is 4. The number of amides is 1. The Morgan fingerprint density at radius 3 is 3.12 bits per heavy atom. The molecule has 0 N–H and O–H groups in total. The molecule has 1 atom stereocenters. The van der Waals surface area contributed by atoms with Gasteiger partial charge in [-0.15, -0.1) is 0 Å². The van der Waals surface area contributed by atoms with Crippen molar-refractivity contribution in [3.63, 3.8) is 0 Å². The third kappa shape index (κ3) is 2.87. The molecule has 9 nitrogen and oxygen atoms in total.